The number of ether oxygens (including phenoxy) is 3. The molecule has 0 radical (unpaired) electrons. The average molecular weight is 481 g/mol. The maximum atomic E-state index is 12.9. The second-order valence-corrected chi connectivity index (χ2v) is 8.53. The molecule has 0 bridgehead atoms. The van der Waals surface area contributed by atoms with E-state index in [1.54, 1.807) is 32.2 Å². The van der Waals surface area contributed by atoms with Crippen molar-refractivity contribution in [3.8, 4) is 11.5 Å². The van der Waals surface area contributed by atoms with Gasteiger partial charge in [-0.3, -0.25) is 19.5 Å². The summed E-state index contributed by atoms with van der Waals surface area (Å²) >= 11 is 0. The van der Waals surface area contributed by atoms with Gasteiger partial charge in [-0.1, -0.05) is 6.92 Å². The number of anilines is 2. The number of morpholine rings is 1. The van der Waals surface area contributed by atoms with Crippen LogP contribution in [0, 0.1) is 0 Å². The molecule has 1 N–H and O–H groups in total. The lowest BCUT2D eigenvalue weighted by Gasteiger charge is -2.28. The van der Waals surface area contributed by atoms with E-state index in [1.165, 1.54) is 0 Å². The maximum absolute atomic E-state index is 12.9. The molecule has 2 aliphatic heterocycles. The molecule has 4 rings (SSSR count). The molecule has 186 valence electrons. The summed E-state index contributed by atoms with van der Waals surface area (Å²) in [7, 11) is 4.91. The number of rotatable bonds is 8. The van der Waals surface area contributed by atoms with Gasteiger partial charge in [0.1, 0.15) is 5.92 Å². The van der Waals surface area contributed by atoms with Crippen LogP contribution in [0.5, 0.6) is 11.5 Å². The summed E-state index contributed by atoms with van der Waals surface area (Å²) < 4.78 is 16.1. The largest absolute Gasteiger partial charge is 0.493 e. The number of hydrogen-bond donors (Lipinski definition) is 1. The van der Waals surface area contributed by atoms with E-state index in [2.05, 4.69) is 10.2 Å². The van der Waals surface area contributed by atoms with Crippen LogP contribution in [0.1, 0.15) is 24.8 Å². The van der Waals surface area contributed by atoms with Gasteiger partial charge in [0.2, 0.25) is 11.8 Å². The Morgan fingerprint density at radius 2 is 1.80 bits per heavy atom. The van der Waals surface area contributed by atoms with Gasteiger partial charge in [-0.05, 0) is 42.3 Å². The number of benzene rings is 2. The molecule has 2 aromatic carbocycles. The van der Waals surface area contributed by atoms with E-state index in [9.17, 15) is 9.59 Å². The molecule has 1 atom stereocenters. The first-order valence-electron chi connectivity index (χ1n) is 11.8. The van der Waals surface area contributed by atoms with E-state index in [0.717, 1.165) is 35.7 Å². The van der Waals surface area contributed by atoms with Crippen molar-refractivity contribution in [2.24, 2.45) is 4.99 Å². The zero-order valence-corrected chi connectivity index (χ0v) is 20.7. The molecule has 2 aromatic rings. The lowest BCUT2D eigenvalue weighted by atomic mass is 9.93. The van der Waals surface area contributed by atoms with E-state index in [1.807, 2.05) is 37.3 Å². The average Bonchev–Trinajstić information content (AvgIpc) is 3.21. The van der Waals surface area contributed by atoms with Crippen LogP contribution in [0.3, 0.4) is 0 Å². The summed E-state index contributed by atoms with van der Waals surface area (Å²) in [6, 6.07) is 11.1. The second-order valence-electron chi connectivity index (χ2n) is 8.53. The topological polar surface area (TPSA) is 92.7 Å². The molecule has 2 heterocycles. The van der Waals surface area contributed by atoms with Crippen molar-refractivity contribution in [2.45, 2.75) is 19.3 Å². The standard InChI is InChI=1S/C26H32N4O5/c1-5-20(25-19-14-22(33-3)23(34-4)15-21(19)28-26(25)32)27-17-6-8-18(9-7-17)29(2)24(31)16-30-10-12-35-13-11-30/h6-9,14-15,25H,5,10-13,16H2,1-4H3,(H,28,32). The van der Waals surface area contributed by atoms with E-state index in [4.69, 9.17) is 19.2 Å². The molecule has 2 aliphatic rings. The third kappa shape index (κ3) is 5.31. The third-order valence-corrected chi connectivity index (χ3v) is 6.43. The van der Waals surface area contributed by atoms with Gasteiger partial charge < -0.3 is 24.4 Å². The Morgan fingerprint density at radius 3 is 2.43 bits per heavy atom. The van der Waals surface area contributed by atoms with Crippen molar-refractivity contribution in [3.05, 3.63) is 42.0 Å². The fraction of sp³-hybridized carbons (Fsp3) is 0.423. The number of hydrogen-bond acceptors (Lipinski definition) is 7. The molecule has 2 amide bonds. The van der Waals surface area contributed by atoms with Crippen molar-refractivity contribution in [2.75, 3.05) is 64.3 Å². The Hall–Kier alpha value is -3.43. The number of carbonyl (C=O) groups is 2. The van der Waals surface area contributed by atoms with E-state index in [0.29, 0.717) is 43.4 Å². The summed E-state index contributed by atoms with van der Waals surface area (Å²) in [4.78, 5) is 34.1. The van der Waals surface area contributed by atoms with Crippen molar-refractivity contribution < 1.29 is 23.8 Å². The predicted molar refractivity (Wildman–Crippen MR) is 135 cm³/mol. The van der Waals surface area contributed by atoms with Crippen LogP contribution >= 0.6 is 0 Å². The van der Waals surface area contributed by atoms with Crippen molar-refractivity contribution >= 4 is 34.6 Å². The van der Waals surface area contributed by atoms with Crippen LogP contribution in [0.15, 0.2) is 41.4 Å². The highest BCUT2D eigenvalue weighted by molar-refractivity contribution is 6.19. The smallest absolute Gasteiger partial charge is 0.240 e. The Balaban J connectivity index is 1.52. The van der Waals surface area contributed by atoms with Crippen LogP contribution in [0.25, 0.3) is 0 Å². The van der Waals surface area contributed by atoms with Crippen LogP contribution in [-0.2, 0) is 14.3 Å². The highest BCUT2D eigenvalue weighted by Gasteiger charge is 2.35. The predicted octanol–water partition coefficient (Wildman–Crippen LogP) is 3.22. The van der Waals surface area contributed by atoms with Crippen LogP contribution < -0.4 is 19.7 Å². The first-order chi connectivity index (χ1) is 16.9. The zero-order valence-electron chi connectivity index (χ0n) is 20.7. The Kier molecular flexibility index (Phi) is 7.67. The highest BCUT2D eigenvalue weighted by atomic mass is 16.5. The second kappa shape index (κ2) is 10.9. The maximum Gasteiger partial charge on any atom is 0.240 e. The molecule has 9 nitrogen and oxygen atoms in total. The van der Waals surface area contributed by atoms with Gasteiger partial charge in [0.25, 0.3) is 0 Å². The molecular weight excluding hydrogens is 448 g/mol. The SMILES string of the molecule is CCC(=Nc1ccc(N(C)C(=O)CN2CCOCC2)cc1)C1C(=O)Nc2cc(OC)c(OC)cc21. The summed E-state index contributed by atoms with van der Waals surface area (Å²) in [6.45, 7) is 5.20. The number of likely N-dealkylation sites (N-methyl/N-ethyl adjacent to an activating group) is 1. The van der Waals surface area contributed by atoms with Crippen molar-refractivity contribution in [3.63, 3.8) is 0 Å². The molecule has 1 saturated heterocycles. The van der Waals surface area contributed by atoms with Crippen LogP contribution in [0.4, 0.5) is 17.1 Å². The van der Waals surface area contributed by atoms with Gasteiger partial charge in [0.15, 0.2) is 11.5 Å². The molecule has 1 unspecified atom stereocenters. The van der Waals surface area contributed by atoms with Crippen LogP contribution in [0.2, 0.25) is 0 Å². The Labute approximate surface area is 205 Å². The lowest BCUT2D eigenvalue weighted by Crippen LogP contribution is -2.43. The molecule has 0 aromatic heterocycles. The molecule has 9 heteroatoms. The fourth-order valence-corrected chi connectivity index (χ4v) is 4.38. The fourth-order valence-electron chi connectivity index (χ4n) is 4.38. The number of amides is 2. The zero-order chi connectivity index (χ0) is 24.9. The highest BCUT2D eigenvalue weighted by Crippen LogP contribution is 2.42. The molecule has 35 heavy (non-hydrogen) atoms. The minimum Gasteiger partial charge on any atom is -0.493 e. The monoisotopic (exact) mass is 480 g/mol. The van der Waals surface area contributed by atoms with Crippen molar-refractivity contribution in [1.82, 2.24) is 4.90 Å². The van der Waals surface area contributed by atoms with Gasteiger partial charge in [-0.2, -0.15) is 0 Å². The minimum atomic E-state index is -0.507. The Morgan fingerprint density at radius 1 is 1.14 bits per heavy atom. The van der Waals surface area contributed by atoms with Gasteiger partial charge in [0.05, 0.1) is 39.7 Å². The van der Waals surface area contributed by atoms with E-state index >= 15 is 0 Å². The molecular formula is C26H32N4O5. The number of nitrogens with zero attached hydrogens (tertiary/aromatic N) is 3. The minimum absolute atomic E-state index is 0.0287. The number of carbonyl (C=O) groups excluding carboxylic acids is 2. The van der Waals surface area contributed by atoms with Crippen molar-refractivity contribution in [1.29, 1.82) is 0 Å². The molecule has 1 fully saturated rings. The van der Waals surface area contributed by atoms with E-state index < -0.39 is 5.92 Å². The number of nitrogens with one attached hydrogen (secondary N) is 1. The first-order valence-corrected chi connectivity index (χ1v) is 11.8. The quantitative estimate of drug-likeness (QED) is 0.584. The number of methoxy groups -OCH3 is 2. The van der Waals surface area contributed by atoms with E-state index in [-0.39, 0.29) is 11.8 Å². The van der Waals surface area contributed by atoms with Crippen LogP contribution in [-0.4, -0.2) is 76.5 Å². The number of aliphatic imine (C=N–C) groups is 1. The van der Waals surface area contributed by atoms with Gasteiger partial charge in [-0.15, -0.1) is 0 Å². The normalized spacial score (nSPS) is 18.1. The summed E-state index contributed by atoms with van der Waals surface area (Å²) in [5.74, 6) is 0.525. The lowest BCUT2D eigenvalue weighted by molar-refractivity contribution is -0.120. The Bertz CT molecular complexity index is 1110. The number of fused-ring (bicyclic) bond motifs is 1. The van der Waals surface area contributed by atoms with Gasteiger partial charge >= 0.3 is 0 Å². The summed E-state index contributed by atoms with van der Waals surface area (Å²) in [6.07, 6.45) is 0.603. The third-order valence-electron chi connectivity index (χ3n) is 6.43. The first kappa shape index (κ1) is 24.7. The molecule has 0 spiro atoms. The molecule has 0 aliphatic carbocycles. The summed E-state index contributed by atoms with van der Waals surface area (Å²) in [5, 5.41) is 2.93. The summed E-state index contributed by atoms with van der Waals surface area (Å²) in [5.41, 5.74) is 3.79. The van der Waals surface area contributed by atoms with Gasteiger partial charge in [0, 0.05) is 43.3 Å². The molecule has 0 saturated carbocycles. The van der Waals surface area contributed by atoms with Gasteiger partial charge in [-0.25, -0.2) is 0 Å².